The van der Waals surface area contributed by atoms with Crippen LogP contribution in [0.5, 0.6) is 0 Å². The average molecular weight is 261 g/mol. The highest BCUT2D eigenvalue weighted by Gasteiger charge is 2.21. The predicted octanol–water partition coefficient (Wildman–Crippen LogP) is 2.74. The Labute approximate surface area is 111 Å². The SMILES string of the molecule is CC(C)(C)c1ccc(NC(=O)CC#N)c([N+](=O)[O-])c1. The molecule has 0 aliphatic carbocycles. The van der Waals surface area contributed by atoms with Gasteiger partial charge < -0.3 is 5.32 Å². The van der Waals surface area contributed by atoms with E-state index in [0.717, 1.165) is 5.56 Å². The van der Waals surface area contributed by atoms with E-state index in [4.69, 9.17) is 5.26 Å². The molecule has 1 rings (SSSR count). The topological polar surface area (TPSA) is 96.0 Å². The molecule has 1 N–H and O–H groups in total. The Balaban J connectivity index is 3.17. The van der Waals surface area contributed by atoms with Crippen LogP contribution in [0, 0.1) is 21.4 Å². The number of nitrogens with zero attached hydrogens (tertiary/aromatic N) is 2. The zero-order valence-corrected chi connectivity index (χ0v) is 11.1. The van der Waals surface area contributed by atoms with Crippen molar-refractivity contribution in [1.29, 1.82) is 5.26 Å². The fourth-order valence-electron chi connectivity index (χ4n) is 1.52. The first-order chi connectivity index (χ1) is 8.75. The largest absolute Gasteiger partial charge is 0.319 e. The van der Waals surface area contributed by atoms with Crippen molar-refractivity contribution in [1.82, 2.24) is 0 Å². The zero-order chi connectivity index (χ0) is 14.6. The van der Waals surface area contributed by atoms with Gasteiger partial charge in [0.25, 0.3) is 5.69 Å². The number of nitro groups is 1. The van der Waals surface area contributed by atoms with Gasteiger partial charge in [0.05, 0.1) is 11.0 Å². The van der Waals surface area contributed by atoms with Crippen molar-refractivity contribution >= 4 is 17.3 Å². The van der Waals surface area contributed by atoms with Crippen LogP contribution in [0.3, 0.4) is 0 Å². The minimum Gasteiger partial charge on any atom is -0.319 e. The van der Waals surface area contributed by atoms with Gasteiger partial charge in [-0.15, -0.1) is 0 Å². The molecule has 0 atom stereocenters. The molecular weight excluding hydrogens is 246 g/mol. The molecule has 6 nitrogen and oxygen atoms in total. The van der Waals surface area contributed by atoms with Crippen LogP contribution in [0.1, 0.15) is 32.8 Å². The molecule has 0 aliphatic rings. The Bertz CT molecular complexity index is 553. The Morgan fingerprint density at radius 1 is 1.47 bits per heavy atom. The molecule has 6 heteroatoms. The molecule has 0 saturated carbocycles. The Kier molecular flexibility index (Phi) is 4.22. The second-order valence-corrected chi connectivity index (χ2v) is 5.12. The Morgan fingerprint density at radius 2 is 2.11 bits per heavy atom. The van der Waals surface area contributed by atoms with Crippen molar-refractivity contribution in [3.8, 4) is 6.07 Å². The van der Waals surface area contributed by atoms with E-state index in [1.54, 1.807) is 12.1 Å². The normalized spacial score (nSPS) is 10.6. The first kappa shape index (κ1) is 14.6. The van der Waals surface area contributed by atoms with Gasteiger partial charge in [-0.1, -0.05) is 26.8 Å². The third kappa shape index (κ3) is 3.78. The molecule has 0 radical (unpaired) electrons. The van der Waals surface area contributed by atoms with Crippen LogP contribution >= 0.6 is 0 Å². The lowest BCUT2D eigenvalue weighted by Gasteiger charge is -2.19. The van der Waals surface area contributed by atoms with Gasteiger partial charge in [0.15, 0.2) is 0 Å². The first-order valence-corrected chi connectivity index (χ1v) is 5.71. The molecule has 0 spiro atoms. The number of benzene rings is 1. The van der Waals surface area contributed by atoms with E-state index in [1.807, 2.05) is 20.8 Å². The number of rotatable bonds is 3. The number of nitriles is 1. The van der Waals surface area contributed by atoms with Crippen molar-refractivity contribution in [3.05, 3.63) is 33.9 Å². The second-order valence-electron chi connectivity index (χ2n) is 5.12. The summed E-state index contributed by atoms with van der Waals surface area (Å²) in [6, 6.07) is 6.36. The number of amides is 1. The maximum absolute atomic E-state index is 11.3. The van der Waals surface area contributed by atoms with Crippen LogP contribution in [-0.2, 0) is 10.2 Å². The number of hydrogen-bond acceptors (Lipinski definition) is 4. The number of nitrogens with one attached hydrogen (secondary N) is 1. The van der Waals surface area contributed by atoms with Crippen molar-refractivity contribution < 1.29 is 9.72 Å². The summed E-state index contributed by atoms with van der Waals surface area (Å²) < 4.78 is 0. The highest BCUT2D eigenvalue weighted by Crippen LogP contribution is 2.31. The van der Waals surface area contributed by atoms with E-state index < -0.39 is 10.8 Å². The summed E-state index contributed by atoms with van der Waals surface area (Å²) in [5, 5.41) is 21.8. The fourth-order valence-corrected chi connectivity index (χ4v) is 1.52. The number of carbonyl (C=O) groups excluding carboxylic acids is 1. The predicted molar refractivity (Wildman–Crippen MR) is 70.7 cm³/mol. The Hall–Kier alpha value is -2.42. The third-order valence-corrected chi connectivity index (χ3v) is 2.57. The van der Waals surface area contributed by atoms with Crippen molar-refractivity contribution in [2.75, 3.05) is 5.32 Å². The lowest BCUT2D eigenvalue weighted by Crippen LogP contribution is -2.14. The molecule has 100 valence electrons. The Morgan fingerprint density at radius 3 is 2.58 bits per heavy atom. The molecular formula is C13H15N3O3. The quantitative estimate of drug-likeness (QED) is 0.668. The molecule has 1 amide bonds. The number of anilines is 1. The van der Waals surface area contributed by atoms with Crippen LogP contribution in [0.25, 0.3) is 0 Å². The summed E-state index contributed by atoms with van der Waals surface area (Å²) in [5.41, 5.74) is 0.523. The molecule has 0 aliphatic heterocycles. The number of hydrogen-bond donors (Lipinski definition) is 1. The lowest BCUT2D eigenvalue weighted by atomic mass is 9.86. The average Bonchev–Trinajstić information content (AvgIpc) is 2.27. The third-order valence-electron chi connectivity index (χ3n) is 2.57. The van der Waals surface area contributed by atoms with Crippen LogP contribution in [0.4, 0.5) is 11.4 Å². The summed E-state index contributed by atoms with van der Waals surface area (Å²) in [5.74, 6) is -0.561. The van der Waals surface area contributed by atoms with Gasteiger partial charge >= 0.3 is 0 Å². The molecule has 19 heavy (non-hydrogen) atoms. The molecule has 0 unspecified atom stereocenters. The summed E-state index contributed by atoms with van der Waals surface area (Å²) >= 11 is 0. The van der Waals surface area contributed by atoms with Crippen LogP contribution in [0.15, 0.2) is 18.2 Å². The van der Waals surface area contributed by atoms with Gasteiger partial charge in [-0.3, -0.25) is 14.9 Å². The monoisotopic (exact) mass is 261 g/mol. The second kappa shape index (κ2) is 5.48. The van der Waals surface area contributed by atoms with E-state index in [0.29, 0.717) is 0 Å². The highest BCUT2D eigenvalue weighted by molar-refractivity contribution is 5.94. The van der Waals surface area contributed by atoms with E-state index in [-0.39, 0.29) is 23.2 Å². The maximum atomic E-state index is 11.3. The van der Waals surface area contributed by atoms with Crippen LogP contribution in [-0.4, -0.2) is 10.8 Å². The van der Waals surface area contributed by atoms with Crippen molar-refractivity contribution in [2.24, 2.45) is 0 Å². The zero-order valence-electron chi connectivity index (χ0n) is 11.1. The highest BCUT2D eigenvalue weighted by atomic mass is 16.6. The minimum atomic E-state index is -0.561. The van der Waals surface area contributed by atoms with Gasteiger partial charge in [-0.25, -0.2) is 0 Å². The van der Waals surface area contributed by atoms with E-state index >= 15 is 0 Å². The minimum absolute atomic E-state index is 0.109. The molecule has 0 heterocycles. The molecule has 1 aromatic rings. The molecule has 0 aromatic heterocycles. The molecule has 1 aromatic carbocycles. The van der Waals surface area contributed by atoms with E-state index in [9.17, 15) is 14.9 Å². The lowest BCUT2D eigenvalue weighted by molar-refractivity contribution is -0.384. The summed E-state index contributed by atoms with van der Waals surface area (Å²) in [6.07, 6.45) is -0.335. The van der Waals surface area contributed by atoms with Gasteiger partial charge in [-0.2, -0.15) is 5.26 Å². The van der Waals surface area contributed by atoms with Gasteiger partial charge in [0.1, 0.15) is 12.1 Å². The fraction of sp³-hybridized carbons (Fsp3) is 0.385. The van der Waals surface area contributed by atoms with Gasteiger partial charge in [0.2, 0.25) is 5.91 Å². The van der Waals surface area contributed by atoms with Crippen molar-refractivity contribution in [3.63, 3.8) is 0 Å². The molecule has 0 bridgehead atoms. The van der Waals surface area contributed by atoms with Gasteiger partial charge in [0, 0.05) is 6.07 Å². The van der Waals surface area contributed by atoms with E-state index in [1.165, 1.54) is 12.1 Å². The van der Waals surface area contributed by atoms with Crippen molar-refractivity contribution in [2.45, 2.75) is 32.6 Å². The molecule has 0 fully saturated rings. The maximum Gasteiger partial charge on any atom is 0.293 e. The number of nitro benzene ring substituents is 1. The summed E-state index contributed by atoms with van der Waals surface area (Å²) in [7, 11) is 0. The van der Waals surface area contributed by atoms with Crippen LogP contribution < -0.4 is 5.32 Å². The summed E-state index contributed by atoms with van der Waals surface area (Å²) in [4.78, 5) is 21.8. The number of carbonyl (C=O) groups is 1. The van der Waals surface area contributed by atoms with Gasteiger partial charge in [-0.05, 0) is 17.0 Å². The standard InChI is InChI=1S/C13H15N3O3/c1-13(2,3)9-4-5-10(11(8-9)16(18)19)15-12(17)6-7-14/h4-5,8H,6H2,1-3H3,(H,15,17). The smallest absolute Gasteiger partial charge is 0.293 e. The summed E-state index contributed by atoms with van der Waals surface area (Å²) in [6.45, 7) is 5.83. The van der Waals surface area contributed by atoms with E-state index in [2.05, 4.69) is 5.32 Å². The molecule has 0 saturated heterocycles. The first-order valence-electron chi connectivity index (χ1n) is 5.71. The van der Waals surface area contributed by atoms with Crippen LogP contribution in [0.2, 0.25) is 0 Å².